The summed E-state index contributed by atoms with van der Waals surface area (Å²) in [6, 6.07) is 1.87. The van der Waals surface area contributed by atoms with Gasteiger partial charge in [-0.15, -0.1) is 0 Å². The summed E-state index contributed by atoms with van der Waals surface area (Å²) in [4.78, 5) is 8.59. The normalized spacial score (nSPS) is 11.5. The first-order chi connectivity index (χ1) is 7.90. The van der Waals surface area contributed by atoms with Crippen LogP contribution >= 0.6 is 11.8 Å². The summed E-state index contributed by atoms with van der Waals surface area (Å²) in [5.41, 5.74) is 0.906. The number of nitrogens with one attached hydrogen (secondary N) is 1. The molecule has 1 aromatic rings. The molecular formula is C10H17N3O2S2. The summed E-state index contributed by atoms with van der Waals surface area (Å²) in [6.45, 7) is 1.91. The molecule has 0 amide bonds. The molecule has 1 N–H and O–H groups in total. The second-order valence-electron chi connectivity index (χ2n) is 3.74. The van der Waals surface area contributed by atoms with E-state index in [1.54, 1.807) is 0 Å². The molecule has 1 rings (SSSR count). The Morgan fingerprint density at radius 1 is 1.41 bits per heavy atom. The van der Waals surface area contributed by atoms with Crippen molar-refractivity contribution in [3.63, 3.8) is 0 Å². The van der Waals surface area contributed by atoms with E-state index in [4.69, 9.17) is 0 Å². The number of aromatic nitrogens is 2. The van der Waals surface area contributed by atoms with Crippen LogP contribution in [0.5, 0.6) is 0 Å². The highest BCUT2D eigenvalue weighted by atomic mass is 32.2. The minimum atomic E-state index is -2.87. The second kappa shape index (κ2) is 6.20. The van der Waals surface area contributed by atoms with Crippen molar-refractivity contribution in [3.8, 4) is 0 Å². The van der Waals surface area contributed by atoms with E-state index < -0.39 is 9.84 Å². The summed E-state index contributed by atoms with van der Waals surface area (Å²) in [7, 11) is -1.07. The van der Waals surface area contributed by atoms with Gasteiger partial charge in [0.2, 0.25) is 0 Å². The van der Waals surface area contributed by atoms with Gasteiger partial charge in [-0.2, -0.15) is 11.8 Å². The minimum Gasteiger partial charge on any atom is -0.373 e. The van der Waals surface area contributed by atoms with E-state index in [-0.39, 0.29) is 5.75 Å². The highest BCUT2D eigenvalue weighted by Crippen LogP contribution is 2.12. The van der Waals surface area contributed by atoms with Gasteiger partial charge >= 0.3 is 0 Å². The zero-order chi connectivity index (χ0) is 12.9. The maximum Gasteiger partial charge on any atom is 0.148 e. The largest absolute Gasteiger partial charge is 0.373 e. The van der Waals surface area contributed by atoms with E-state index in [2.05, 4.69) is 15.3 Å². The lowest BCUT2D eigenvalue weighted by atomic mass is 10.4. The molecule has 5 nitrogen and oxygen atoms in total. The van der Waals surface area contributed by atoms with Crippen molar-refractivity contribution in [3.05, 3.63) is 17.6 Å². The number of hydrogen-bond acceptors (Lipinski definition) is 6. The van der Waals surface area contributed by atoms with Gasteiger partial charge in [0.25, 0.3) is 0 Å². The molecule has 96 valence electrons. The van der Waals surface area contributed by atoms with Crippen LogP contribution in [0.15, 0.2) is 6.07 Å². The first-order valence-electron chi connectivity index (χ1n) is 5.18. The predicted octanol–water partition coefficient (Wildman–Crippen LogP) is 1.10. The standard InChI is InChI=1S/C10H17N3O2S2/c1-8-6-9(11-2)13-10(12-8)7-16-4-5-17(3,14)15/h6H,4-5,7H2,1-3H3,(H,11,12,13). The summed E-state index contributed by atoms with van der Waals surface area (Å²) in [5.74, 6) is 2.92. The Hall–Kier alpha value is -0.820. The van der Waals surface area contributed by atoms with Crippen LogP contribution in [0.4, 0.5) is 5.82 Å². The first-order valence-corrected chi connectivity index (χ1v) is 8.40. The number of thioether (sulfide) groups is 1. The summed E-state index contributed by atoms with van der Waals surface area (Å²) in [6.07, 6.45) is 1.25. The fourth-order valence-corrected chi connectivity index (χ4v) is 3.33. The zero-order valence-corrected chi connectivity index (χ0v) is 11.9. The van der Waals surface area contributed by atoms with Crippen molar-refractivity contribution in [1.29, 1.82) is 0 Å². The van der Waals surface area contributed by atoms with Gasteiger partial charge < -0.3 is 5.32 Å². The molecule has 0 aliphatic heterocycles. The molecule has 0 saturated heterocycles. The lowest BCUT2D eigenvalue weighted by Gasteiger charge is -2.05. The number of sulfone groups is 1. The van der Waals surface area contributed by atoms with Crippen LogP contribution < -0.4 is 5.32 Å². The molecule has 0 radical (unpaired) electrons. The maximum atomic E-state index is 10.9. The molecule has 7 heteroatoms. The zero-order valence-electron chi connectivity index (χ0n) is 10.2. The smallest absolute Gasteiger partial charge is 0.148 e. The third-order valence-electron chi connectivity index (χ3n) is 1.99. The number of anilines is 1. The Kier molecular flexibility index (Phi) is 5.20. The van der Waals surface area contributed by atoms with Gasteiger partial charge in [0, 0.05) is 30.8 Å². The molecule has 0 aliphatic carbocycles. The average molecular weight is 275 g/mol. The molecule has 17 heavy (non-hydrogen) atoms. The van der Waals surface area contributed by atoms with Crippen molar-refractivity contribution < 1.29 is 8.42 Å². The highest BCUT2D eigenvalue weighted by Gasteiger charge is 2.04. The Labute approximate surface area is 106 Å². The van der Waals surface area contributed by atoms with Gasteiger partial charge in [0.15, 0.2) is 0 Å². The van der Waals surface area contributed by atoms with Crippen molar-refractivity contribution in [2.45, 2.75) is 12.7 Å². The highest BCUT2D eigenvalue weighted by molar-refractivity contribution is 7.99. The topological polar surface area (TPSA) is 72.0 Å². The van der Waals surface area contributed by atoms with Crippen molar-refractivity contribution in [1.82, 2.24) is 9.97 Å². The van der Waals surface area contributed by atoms with Crippen LogP contribution in [0, 0.1) is 6.92 Å². The van der Waals surface area contributed by atoms with E-state index in [0.29, 0.717) is 11.5 Å². The number of nitrogens with zero attached hydrogens (tertiary/aromatic N) is 2. The molecule has 1 heterocycles. The fraction of sp³-hybridized carbons (Fsp3) is 0.600. The van der Waals surface area contributed by atoms with E-state index in [0.717, 1.165) is 17.3 Å². The average Bonchev–Trinajstić information content (AvgIpc) is 2.22. The molecule has 0 spiro atoms. The van der Waals surface area contributed by atoms with Crippen LogP contribution in [0.2, 0.25) is 0 Å². The van der Waals surface area contributed by atoms with Crippen LogP contribution in [0.25, 0.3) is 0 Å². The van der Waals surface area contributed by atoms with Crippen LogP contribution in [-0.4, -0.2) is 43.2 Å². The summed E-state index contributed by atoms with van der Waals surface area (Å²) >= 11 is 1.53. The Bertz CT molecular complexity index is 474. The molecule has 0 fully saturated rings. The first kappa shape index (κ1) is 14.2. The summed E-state index contributed by atoms with van der Waals surface area (Å²) < 4.78 is 21.9. The lowest BCUT2D eigenvalue weighted by Crippen LogP contribution is -2.06. The molecule has 0 bridgehead atoms. The van der Waals surface area contributed by atoms with Crippen LogP contribution in [0.3, 0.4) is 0 Å². The Balaban J connectivity index is 2.49. The van der Waals surface area contributed by atoms with Gasteiger partial charge in [-0.3, -0.25) is 0 Å². The summed E-state index contributed by atoms with van der Waals surface area (Å²) in [5, 5.41) is 2.97. The third-order valence-corrected chi connectivity index (χ3v) is 4.15. The fourth-order valence-electron chi connectivity index (χ4n) is 1.20. The van der Waals surface area contributed by atoms with Crippen molar-refractivity contribution in [2.75, 3.05) is 30.1 Å². The van der Waals surface area contributed by atoms with E-state index in [1.165, 1.54) is 18.0 Å². The van der Waals surface area contributed by atoms with Gasteiger partial charge in [-0.1, -0.05) is 0 Å². The van der Waals surface area contributed by atoms with E-state index >= 15 is 0 Å². The number of rotatable bonds is 6. The second-order valence-corrected chi connectivity index (χ2v) is 7.11. The quantitative estimate of drug-likeness (QED) is 0.784. The maximum absolute atomic E-state index is 10.9. The number of aryl methyl sites for hydroxylation is 1. The molecule has 0 unspecified atom stereocenters. The van der Waals surface area contributed by atoms with Crippen LogP contribution in [0.1, 0.15) is 11.5 Å². The third kappa shape index (κ3) is 5.88. The monoisotopic (exact) mass is 275 g/mol. The lowest BCUT2D eigenvalue weighted by molar-refractivity contribution is 0.603. The van der Waals surface area contributed by atoms with Crippen molar-refractivity contribution >= 4 is 27.4 Å². The van der Waals surface area contributed by atoms with E-state index in [1.807, 2.05) is 20.0 Å². The van der Waals surface area contributed by atoms with E-state index in [9.17, 15) is 8.42 Å². The van der Waals surface area contributed by atoms with Gasteiger partial charge in [0.1, 0.15) is 21.5 Å². The van der Waals surface area contributed by atoms with Gasteiger partial charge in [0.05, 0.1) is 11.5 Å². The molecule has 0 aromatic carbocycles. The molecule has 0 aliphatic rings. The van der Waals surface area contributed by atoms with Gasteiger partial charge in [-0.05, 0) is 6.92 Å². The number of hydrogen-bond donors (Lipinski definition) is 1. The van der Waals surface area contributed by atoms with Crippen molar-refractivity contribution in [2.24, 2.45) is 0 Å². The Morgan fingerprint density at radius 2 is 2.12 bits per heavy atom. The van der Waals surface area contributed by atoms with Crippen LogP contribution in [-0.2, 0) is 15.6 Å². The van der Waals surface area contributed by atoms with Gasteiger partial charge in [-0.25, -0.2) is 18.4 Å². The SMILES string of the molecule is CNc1cc(C)nc(CSCCS(C)(=O)=O)n1. The molecule has 0 saturated carbocycles. The Morgan fingerprint density at radius 3 is 2.71 bits per heavy atom. The molecule has 0 atom stereocenters. The molecule has 1 aromatic heterocycles. The minimum absolute atomic E-state index is 0.197. The molecular weight excluding hydrogens is 258 g/mol. The predicted molar refractivity (Wildman–Crippen MR) is 72.2 cm³/mol.